The van der Waals surface area contributed by atoms with Crippen LogP contribution in [-0.4, -0.2) is 29.8 Å². The minimum Gasteiger partial charge on any atom is -0.349 e. The molecule has 2 aromatic rings. The van der Waals surface area contributed by atoms with E-state index in [0.29, 0.717) is 26.3 Å². The predicted molar refractivity (Wildman–Crippen MR) is 110 cm³/mol. The van der Waals surface area contributed by atoms with Gasteiger partial charge in [0.15, 0.2) is 5.79 Å². The van der Waals surface area contributed by atoms with Crippen molar-refractivity contribution in [1.82, 2.24) is 4.90 Å². The van der Waals surface area contributed by atoms with Crippen LogP contribution in [0.5, 0.6) is 0 Å². The van der Waals surface area contributed by atoms with Gasteiger partial charge in [-0.15, -0.1) is 0 Å². The summed E-state index contributed by atoms with van der Waals surface area (Å²) < 4.78 is 12.1. The minimum atomic E-state index is -0.799. The van der Waals surface area contributed by atoms with Crippen LogP contribution in [0.1, 0.15) is 38.3 Å². The molecule has 0 bridgehead atoms. The topological polar surface area (TPSA) is 38.8 Å². The standard InChI is InChI=1S/C24H31NO3/c1-4-27-24(28-5-2)19(3)16-22(24)23(26)25(17-20-12-8-6-9-13-20)18-21-14-10-7-11-15-21/h6-15,19,22H,4-5,16-18H2,1-3H3/t19-,22-/m1/s1. The van der Waals surface area contributed by atoms with Gasteiger partial charge in [0, 0.05) is 32.2 Å². The Labute approximate surface area is 168 Å². The molecule has 0 N–H and O–H groups in total. The molecule has 0 aromatic heterocycles. The second-order valence-electron chi connectivity index (χ2n) is 7.44. The number of amides is 1. The van der Waals surface area contributed by atoms with Crippen molar-refractivity contribution >= 4 is 5.91 Å². The lowest BCUT2D eigenvalue weighted by atomic mass is 9.68. The van der Waals surface area contributed by atoms with E-state index in [1.807, 2.05) is 55.1 Å². The summed E-state index contributed by atoms with van der Waals surface area (Å²) in [5.41, 5.74) is 2.25. The van der Waals surface area contributed by atoms with Crippen LogP contribution in [0.4, 0.5) is 0 Å². The van der Waals surface area contributed by atoms with E-state index in [1.54, 1.807) is 0 Å². The first-order chi connectivity index (χ1) is 13.6. The van der Waals surface area contributed by atoms with Crippen molar-refractivity contribution < 1.29 is 14.3 Å². The zero-order valence-electron chi connectivity index (χ0n) is 17.1. The summed E-state index contributed by atoms with van der Waals surface area (Å²) >= 11 is 0. The molecule has 0 aliphatic heterocycles. The van der Waals surface area contributed by atoms with Crippen LogP contribution in [0, 0.1) is 11.8 Å². The maximum atomic E-state index is 13.6. The van der Waals surface area contributed by atoms with Gasteiger partial charge in [0.1, 0.15) is 0 Å². The number of carbonyl (C=O) groups excluding carboxylic acids is 1. The van der Waals surface area contributed by atoms with E-state index in [2.05, 4.69) is 31.2 Å². The highest BCUT2D eigenvalue weighted by molar-refractivity contribution is 5.81. The van der Waals surface area contributed by atoms with Crippen LogP contribution in [0.2, 0.25) is 0 Å². The van der Waals surface area contributed by atoms with Crippen molar-refractivity contribution in [1.29, 1.82) is 0 Å². The van der Waals surface area contributed by atoms with Gasteiger partial charge < -0.3 is 14.4 Å². The first kappa shape index (κ1) is 20.6. The predicted octanol–water partition coefficient (Wildman–Crippen LogP) is 4.64. The molecule has 1 aliphatic rings. The Hall–Kier alpha value is -2.17. The summed E-state index contributed by atoms with van der Waals surface area (Å²) in [7, 11) is 0. The number of nitrogens with zero attached hydrogens (tertiary/aromatic N) is 1. The molecule has 0 heterocycles. The summed E-state index contributed by atoms with van der Waals surface area (Å²) in [5, 5.41) is 0. The molecule has 1 fully saturated rings. The van der Waals surface area contributed by atoms with Crippen LogP contribution in [0.15, 0.2) is 60.7 Å². The van der Waals surface area contributed by atoms with Crippen LogP contribution in [-0.2, 0) is 27.4 Å². The van der Waals surface area contributed by atoms with Gasteiger partial charge in [-0.2, -0.15) is 0 Å². The van der Waals surface area contributed by atoms with Crippen LogP contribution in [0.3, 0.4) is 0 Å². The van der Waals surface area contributed by atoms with Gasteiger partial charge in [-0.1, -0.05) is 67.6 Å². The fourth-order valence-electron chi connectivity index (χ4n) is 4.16. The van der Waals surface area contributed by atoms with Gasteiger partial charge in [-0.05, 0) is 31.4 Å². The lowest BCUT2D eigenvalue weighted by Crippen LogP contribution is -2.63. The first-order valence-electron chi connectivity index (χ1n) is 10.2. The molecule has 4 nitrogen and oxygen atoms in total. The molecule has 0 saturated heterocycles. The summed E-state index contributed by atoms with van der Waals surface area (Å²) in [6, 6.07) is 20.3. The van der Waals surface area contributed by atoms with E-state index in [-0.39, 0.29) is 17.7 Å². The molecule has 150 valence electrons. The fourth-order valence-corrected chi connectivity index (χ4v) is 4.16. The second-order valence-corrected chi connectivity index (χ2v) is 7.44. The van der Waals surface area contributed by atoms with Gasteiger partial charge in [0.25, 0.3) is 0 Å². The normalized spacial score (nSPS) is 20.4. The van der Waals surface area contributed by atoms with Crippen molar-refractivity contribution in [3.05, 3.63) is 71.8 Å². The van der Waals surface area contributed by atoms with Crippen molar-refractivity contribution in [2.75, 3.05) is 13.2 Å². The Balaban J connectivity index is 1.85. The molecule has 0 radical (unpaired) electrons. The Bertz CT molecular complexity index is 699. The quantitative estimate of drug-likeness (QED) is 0.594. The van der Waals surface area contributed by atoms with E-state index in [9.17, 15) is 4.79 Å². The van der Waals surface area contributed by atoms with Crippen LogP contribution in [0.25, 0.3) is 0 Å². The third-order valence-corrected chi connectivity index (χ3v) is 5.54. The average molecular weight is 382 g/mol. The lowest BCUT2D eigenvalue weighted by Gasteiger charge is -2.53. The second kappa shape index (κ2) is 9.35. The molecule has 28 heavy (non-hydrogen) atoms. The third-order valence-electron chi connectivity index (χ3n) is 5.54. The highest BCUT2D eigenvalue weighted by Gasteiger charge is 2.59. The van der Waals surface area contributed by atoms with Crippen molar-refractivity contribution in [2.24, 2.45) is 11.8 Å². The average Bonchev–Trinajstić information content (AvgIpc) is 2.72. The Morgan fingerprint density at radius 3 is 1.79 bits per heavy atom. The monoisotopic (exact) mass is 381 g/mol. The molecule has 4 heteroatoms. The van der Waals surface area contributed by atoms with Crippen LogP contribution < -0.4 is 0 Å². The van der Waals surface area contributed by atoms with Crippen LogP contribution >= 0.6 is 0 Å². The number of carbonyl (C=O) groups is 1. The largest absolute Gasteiger partial charge is 0.349 e. The van der Waals surface area contributed by atoms with E-state index in [0.717, 1.165) is 17.5 Å². The zero-order chi connectivity index (χ0) is 20.0. The molecule has 2 aromatic carbocycles. The summed E-state index contributed by atoms with van der Waals surface area (Å²) in [6.45, 7) is 8.24. The highest BCUT2D eigenvalue weighted by Crippen LogP contribution is 2.49. The Morgan fingerprint density at radius 1 is 0.929 bits per heavy atom. The van der Waals surface area contributed by atoms with E-state index in [4.69, 9.17) is 9.47 Å². The fraction of sp³-hybridized carbons (Fsp3) is 0.458. The highest BCUT2D eigenvalue weighted by atomic mass is 16.7. The summed E-state index contributed by atoms with van der Waals surface area (Å²) in [5.74, 6) is -0.758. The number of benzene rings is 2. The first-order valence-corrected chi connectivity index (χ1v) is 10.2. The van der Waals surface area contributed by atoms with Crippen molar-refractivity contribution in [3.63, 3.8) is 0 Å². The maximum absolute atomic E-state index is 13.6. The lowest BCUT2D eigenvalue weighted by molar-refractivity contribution is -0.331. The molecule has 1 saturated carbocycles. The minimum absolute atomic E-state index is 0.104. The number of hydrogen-bond acceptors (Lipinski definition) is 3. The number of rotatable bonds is 9. The molecule has 3 rings (SSSR count). The van der Waals surface area contributed by atoms with Crippen molar-refractivity contribution in [2.45, 2.75) is 46.1 Å². The van der Waals surface area contributed by atoms with E-state index < -0.39 is 5.79 Å². The van der Waals surface area contributed by atoms with Gasteiger partial charge >= 0.3 is 0 Å². The summed E-state index contributed by atoms with van der Waals surface area (Å²) in [6.07, 6.45) is 0.791. The summed E-state index contributed by atoms with van der Waals surface area (Å²) in [4.78, 5) is 15.5. The molecule has 1 aliphatic carbocycles. The maximum Gasteiger partial charge on any atom is 0.231 e. The molecular weight excluding hydrogens is 350 g/mol. The van der Waals surface area contributed by atoms with Crippen molar-refractivity contribution in [3.8, 4) is 0 Å². The molecule has 2 atom stereocenters. The van der Waals surface area contributed by atoms with E-state index >= 15 is 0 Å². The van der Waals surface area contributed by atoms with Gasteiger partial charge in [-0.3, -0.25) is 4.79 Å². The smallest absolute Gasteiger partial charge is 0.231 e. The van der Waals surface area contributed by atoms with Gasteiger partial charge in [0.2, 0.25) is 5.91 Å². The van der Waals surface area contributed by atoms with Gasteiger partial charge in [0.05, 0.1) is 5.92 Å². The van der Waals surface area contributed by atoms with E-state index in [1.165, 1.54) is 0 Å². The van der Waals surface area contributed by atoms with Gasteiger partial charge in [-0.25, -0.2) is 0 Å². The molecule has 0 unspecified atom stereocenters. The Kier molecular flexibility index (Phi) is 6.87. The molecular formula is C24H31NO3. The number of ether oxygens (including phenoxy) is 2. The third kappa shape index (κ3) is 4.29. The molecule has 0 spiro atoms. The number of hydrogen-bond donors (Lipinski definition) is 0. The Morgan fingerprint density at radius 2 is 1.39 bits per heavy atom. The zero-order valence-corrected chi connectivity index (χ0v) is 17.1. The SMILES string of the molecule is CCOC1(OCC)[C@H](C)C[C@@H]1C(=O)N(Cc1ccccc1)Cc1ccccc1. The molecule has 1 amide bonds.